The van der Waals surface area contributed by atoms with Crippen molar-refractivity contribution in [3.8, 4) is 5.75 Å². The van der Waals surface area contributed by atoms with Gasteiger partial charge in [0, 0.05) is 21.8 Å². The number of aromatic nitrogens is 2. The number of nitrogens with one attached hydrogen (secondary N) is 1. The van der Waals surface area contributed by atoms with E-state index in [0.29, 0.717) is 28.9 Å². The first kappa shape index (κ1) is 22.6. The second kappa shape index (κ2) is 10.8. The normalized spacial score (nSPS) is 11.0. The minimum atomic E-state index is -0.421. The van der Waals surface area contributed by atoms with Crippen molar-refractivity contribution < 1.29 is 9.53 Å². The number of nitrogens with zero attached hydrogens (tertiary/aromatic N) is 3. The van der Waals surface area contributed by atoms with Crippen LogP contribution in [-0.2, 0) is 13.2 Å². The zero-order valence-corrected chi connectivity index (χ0v) is 19.0. The lowest BCUT2D eigenvalue weighted by Crippen LogP contribution is -2.18. The first-order valence-corrected chi connectivity index (χ1v) is 10.9. The molecular weight excluding hydrogens is 459 g/mol. The van der Waals surface area contributed by atoms with Gasteiger partial charge in [-0.25, -0.2) is 5.43 Å². The largest absolute Gasteiger partial charge is 0.488 e. The Morgan fingerprint density at radius 3 is 2.64 bits per heavy atom. The van der Waals surface area contributed by atoms with Gasteiger partial charge in [0.05, 0.1) is 12.8 Å². The zero-order valence-electron chi connectivity index (χ0n) is 17.5. The van der Waals surface area contributed by atoms with Crippen LogP contribution in [0.15, 0.2) is 90.2 Å². The molecule has 166 valence electrons. The van der Waals surface area contributed by atoms with E-state index >= 15 is 0 Å². The summed E-state index contributed by atoms with van der Waals surface area (Å²) in [5, 5.41) is 9.46. The van der Waals surface area contributed by atoms with Gasteiger partial charge in [0.1, 0.15) is 12.4 Å². The van der Waals surface area contributed by atoms with E-state index in [9.17, 15) is 4.79 Å². The predicted octanol–water partition coefficient (Wildman–Crippen LogP) is 5.58. The van der Waals surface area contributed by atoms with Gasteiger partial charge < -0.3 is 4.74 Å². The van der Waals surface area contributed by atoms with E-state index in [1.807, 2.05) is 60.7 Å². The Hall–Kier alpha value is -3.61. The van der Waals surface area contributed by atoms with E-state index in [4.69, 9.17) is 27.9 Å². The van der Waals surface area contributed by atoms with Crippen LogP contribution in [-0.4, -0.2) is 21.9 Å². The van der Waals surface area contributed by atoms with Crippen LogP contribution >= 0.6 is 23.2 Å². The lowest BCUT2D eigenvalue weighted by molar-refractivity contribution is 0.0949. The molecule has 4 rings (SSSR count). The van der Waals surface area contributed by atoms with Gasteiger partial charge in [-0.1, -0.05) is 71.7 Å². The molecule has 0 aliphatic heterocycles. The molecule has 33 heavy (non-hydrogen) atoms. The number of hydrogen-bond donors (Lipinski definition) is 1. The van der Waals surface area contributed by atoms with Crippen LogP contribution in [0.2, 0.25) is 10.0 Å². The van der Waals surface area contributed by atoms with E-state index in [2.05, 4.69) is 15.6 Å². The first-order valence-electron chi connectivity index (χ1n) is 10.1. The fraction of sp³-hybridized carbons (Fsp3) is 0.0800. The quantitative estimate of drug-likeness (QED) is 0.265. The molecule has 0 spiro atoms. The highest BCUT2D eigenvalue weighted by Gasteiger charge is 2.10. The summed E-state index contributed by atoms with van der Waals surface area (Å²) < 4.78 is 7.53. The van der Waals surface area contributed by atoms with Gasteiger partial charge in [-0.2, -0.15) is 10.2 Å². The molecule has 1 amide bonds. The summed E-state index contributed by atoms with van der Waals surface area (Å²) in [4.78, 5) is 12.4. The third kappa shape index (κ3) is 6.22. The third-order valence-corrected chi connectivity index (χ3v) is 5.33. The van der Waals surface area contributed by atoms with Crippen molar-refractivity contribution in [1.82, 2.24) is 15.2 Å². The number of benzene rings is 3. The Kier molecular flexibility index (Phi) is 7.40. The molecular formula is C25H20Cl2N4O2. The van der Waals surface area contributed by atoms with Gasteiger partial charge in [0.2, 0.25) is 0 Å². The van der Waals surface area contributed by atoms with Gasteiger partial charge in [0.25, 0.3) is 5.91 Å². The molecule has 3 aromatic carbocycles. The topological polar surface area (TPSA) is 68.5 Å². The maximum atomic E-state index is 12.4. The molecule has 0 saturated carbocycles. The fourth-order valence-electron chi connectivity index (χ4n) is 3.07. The van der Waals surface area contributed by atoms with E-state index in [1.54, 1.807) is 35.3 Å². The minimum absolute atomic E-state index is 0.242. The molecule has 8 heteroatoms. The summed E-state index contributed by atoms with van der Waals surface area (Å²) in [6.45, 7) is 0.853. The first-order chi connectivity index (χ1) is 16.1. The SMILES string of the molecule is O=C(NN=Cc1ccccc1OCc1ccccc1)c1ccn(Cc2ccc(Cl)cc2Cl)n1. The number of hydrogen-bond acceptors (Lipinski definition) is 4. The smallest absolute Gasteiger partial charge is 0.291 e. The van der Waals surface area contributed by atoms with Gasteiger partial charge >= 0.3 is 0 Å². The molecule has 0 atom stereocenters. The van der Waals surface area contributed by atoms with Crippen molar-refractivity contribution in [2.75, 3.05) is 0 Å². The summed E-state index contributed by atoms with van der Waals surface area (Å²) in [6, 6.07) is 24.2. The standard InChI is InChI=1S/C25H20Cl2N4O2/c26-21-11-10-20(22(27)14-21)16-31-13-12-23(30-31)25(32)29-28-15-19-8-4-5-9-24(19)33-17-18-6-2-1-3-7-18/h1-15H,16-17H2,(H,29,32). The summed E-state index contributed by atoms with van der Waals surface area (Å²) in [6.07, 6.45) is 3.25. The molecule has 1 aromatic heterocycles. The zero-order chi connectivity index (χ0) is 23.0. The van der Waals surface area contributed by atoms with Crippen molar-refractivity contribution in [3.05, 3.63) is 117 Å². The highest BCUT2D eigenvalue weighted by Crippen LogP contribution is 2.22. The molecule has 0 aliphatic rings. The monoisotopic (exact) mass is 478 g/mol. The molecule has 1 N–H and O–H groups in total. The Balaban J connectivity index is 1.36. The van der Waals surface area contributed by atoms with Gasteiger partial charge in [0.15, 0.2) is 5.69 Å². The molecule has 0 radical (unpaired) electrons. The average Bonchev–Trinajstić information content (AvgIpc) is 3.30. The molecule has 0 aliphatic carbocycles. The summed E-state index contributed by atoms with van der Waals surface area (Å²) in [5.74, 6) is 0.248. The van der Waals surface area contributed by atoms with E-state index < -0.39 is 5.91 Å². The van der Waals surface area contributed by atoms with Gasteiger partial charge in [-0.15, -0.1) is 0 Å². The Bertz CT molecular complexity index is 1270. The number of ether oxygens (including phenoxy) is 1. The minimum Gasteiger partial charge on any atom is -0.488 e. The van der Waals surface area contributed by atoms with Crippen LogP contribution in [0, 0.1) is 0 Å². The van der Waals surface area contributed by atoms with Crippen LogP contribution in [0.25, 0.3) is 0 Å². The summed E-state index contributed by atoms with van der Waals surface area (Å²) in [7, 11) is 0. The van der Waals surface area contributed by atoms with Crippen LogP contribution in [0.1, 0.15) is 27.2 Å². The highest BCUT2D eigenvalue weighted by molar-refractivity contribution is 6.35. The van der Waals surface area contributed by atoms with Crippen LogP contribution < -0.4 is 10.2 Å². The molecule has 0 saturated heterocycles. The average molecular weight is 479 g/mol. The number of rotatable bonds is 8. The Labute approximate surface area is 201 Å². The number of hydrazone groups is 1. The molecule has 4 aromatic rings. The number of amides is 1. The maximum absolute atomic E-state index is 12.4. The molecule has 0 fully saturated rings. The van der Waals surface area contributed by atoms with E-state index in [0.717, 1.165) is 16.7 Å². The van der Waals surface area contributed by atoms with Crippen molar-refractivity contribution in [1.29, 1.82) is 0 Å². The highest BCUT2D eigenvalue weighted by atomic mass is 35.5. The number of para-hydroxylation sites is 1. The number of halogens is 2. The van der Waals surface area contributed by atoms with Crippen molar-refractivity contribution in [3.63, 3.8) is 0 Å². The molecule has 0 bridgehead atoms. The molecule has 0 unspecified atom stereocenters. The predicted molar refractivity (Wildman–Crippen MR) is 130 cm³/mol. The third-order valence-electron chi connectivity index (χ3n) is 4.75. The van der Waals surface area contributed by atoms with Crippen LogP contribution in [0.3, 0.4) is 0 Å². The maximum Gasteiger partial charge on any atom is 0.291 e. The van der Waals surface area contributed by atoms with Crippen molar-refractivity contribution in [2.24, 2.45) is 5.10 Å². The van der Waals surface area contributed by atoms with Crippen LogP contribution in [0.5, 0.6) is 5.75 Å². The van der Waals surface area contributed by atoms with Crippen LogP contribution in [0.4, 0.5) is 0 Å². The molecule has 1 heterocycles. The number of carbonyl (C=O) groups is 1. The summed E-state index contributed by atoms with van der Waals surface area (Å²) >= 11 is 12.1. The summed E-state index contributed by atoms with van der Waals surface area (Å²) in [5.41, 5.74) is 5.40. The van der Waals surface area contributed by atoms with Gasteiger partial charge in [-0.05, 0) is 41.5 Å². The number of carbonyl (C=O) groups excluding carboxylic acids is 1. The second-order valence-electron chi connectivity index (χ2n) is 7.15. The van der Waals surface area contributed by atoms with Crippen molar-refractivity contribution in [2.45, 2.75) is 13.2 Å². The van der Waals surface area contributed by atoms with Crippen molar-refractivity contribution >= 4 is 35.3 Å². The van der Waals surface area contributed by atoms with E-state index in [-0.39, 0.29) is 5.69 Å². The van der Waals surface area contributed by atoms with Gasteiger partial charge in [-0.3, -0.25) is 9.48 Å². The fourth-order valence-corrected chi connectivity index (χ4v) is 3.54. The second-order valence-corrected chi connectivity index (χ2v) is 7.99. The molecule has 6 nitrogen and oxygen atoms in total. The van der Waals surface area contributed by atoms with E-state index in [1.165, 1.54) is 0 Å². The Morgan fingerprint density at radius 2 is 1.82 bits per heavy atom. The lowest BCUT2D eigenvalue weighted by atomic mass is 10.2. The Morgan fingerprint density at radius 1 is 1.03 bits per heavy atom. The lowest BCUT2D eigenvalue weighted by Gasteiger charge is -2.08.